The molecule has 0 unspecified atom stereocenters. The molecule has 0 atom stereocenters. The van der Waals surface area contributed by atoms with Gasteiger partial charge < -0.3 is 52.5 Å². The second-order valence-electron chi connectivity index (χ2n) is 11.9. The maximum Gasteiger partial charge on any atom is 0.513 e. The first kappa shape index (κ1) is 38.9. The number of fused-ring (bicyclic) bond motifs is 6. The van der Waals surface area contributed by atoms with E-state index in [9.17, 15) is 19.5 Å². The van der Waals surface area contributed by atoms with Crippen molar-refractivity contribution in [1.29, 1.82) is 0 Å². The molecule has 0 spiro atoms. The van der Waals surface area contributed by atoms with Crippen LogP contribution in [0.4, 0.5) is 4.79 Å². The van der Waals surface area contributed by atoms with E-state index in [1.165, 1.54) is 54.8 Å². The summed E-state index contributed by atoms with van der Waals surface area (Å²) in [7, 11) is 13.3. The fourth-order valence-electron chi connectivity index (χ4n) is 6.70. The molecule has 14 heteroatoms. The van der Waals surface area contributed by atoms with Gasteiger partial charge in [-0.15, -0.1) is 0 Å². The number of methoxy groups -OCH3 is 9. The molecule has 0 fully saturated rings. The van der Waals surface area contributed by atoms with Crippen LogP contribution in [0.15, 0.2) is 36.4 Å². The van der Waals surface area contributed by atoms with Gasteiger partial charge in [-0.25, -0.2) is 4.79 Å². The normalized spacial score (nSPS) is 12.5. The third kappa shape index (κ3) is 7.06. The van der Waals surface area contributed by atoms with E-state index >= 15 is 0 Å². The number of hydrogen-bond acceptors (Lipinski definition) is 14. The summed E-state index contributed by atoms with van der Waals surface area (Å²) >= 11 is 0. The molecule has 4 aromatic carbocycles. The number of carbonyl (C=O) groups is 3. The summed E-state index contributed by atoms with van der Waals surface area (Å²) in [6, 6.07) is 9.93. The zero-order chi connectivity index (χ0) is 39.3. The summed E-state index contributed by atoms with van der Waals surface area (Å²) in [6.45, 7) is 0. The van der Waals surface area contributed by atoms with Crippen molar-refractivity contribution in [2.75, 3.05) is 64.0 Å². The first-order valence-corrected chi connectivity index (χ1v) is 16.6. The molecule has 1 N–H and O–H groups in total. The Balaban J connectivity index is 0.000000210. The quantitative estimate of drug-likeness (QED) is 0.139. The predicted molar refractivity (Wildman–Crippen MR) is 196 cm³/mol. The van der Waals surface area contributed by atoms with Gasteiger partial charge in [0, 0.05) is 46.2 Å². The first-order valence-electron chi connectivity index (χ1n) is 16.6. The number of benzene rings is 4. The lowest BCUT2D eigenvalue weighted by molar-refractivity contribution is 0.0975. The maximum atomic E-state index is 12.9. The molecule has 14 nitrogen and oxygen atoms in total. The van der Waals surface area contributed by atoms with Gasteiger partial charge in [0.25, 0.3) is 0 Å². The molecule has 6 rings (SSSR count). The van der Waals surface area contributed by atoms with Crippen LogP contribution in [0.1, 0.15) is 44.7 Å². The number of ketones is 2. The van der Waals surface area contributed by atoms with Crippen LogP contribution in [0.5, 0.6) is 57.5 Å². The lowest BCUT2D eigenvalue weighted by atomic mass is 9.94. The molecule has 0 aliphatic heterocycles. The molecule has 2 aliphatic rings. The van der Waals surface area contributed by atoms with E-state index in [-0.39, 0.29) is 41.0 Å². The minimum absolute atomic E-state index is 0.0517. The van der Waals surface area contributed by atoms with E-state index < -0.39 is 6.16 Å². The summed E-state index contributed by atoms with van der Waals surface area (Å²) in [5.41, 5.74) is 5.29. The van der Waals surface area contributed by atoms with Crippen molar-refractivity contribution in [3.63, 3.8) is 0 Å². The third-order valence-electron chi connectivity index (χ3n) is 9.19. The van der Waals surface area contributed by atoms with Crippen molar-refractivity contribution < 1.29 is 66.9 Å². The van der Waals surface area contributed by atoms with Gasteiger partial charge in [-0.3, -0.25) is 9.59 Å². The Morgan fingerprint density at radius 2 is 0.870 bits per heavy atom. The smallest absolute Gasteiger partial charge is 0.504 e. The number of Topliss-reactive ketones (excluding diaryl/α,β-unsaturated/α-hetero) is 2. The largest absolute Gasteiger partial charge is 0.513 e. The second-order valence-corrected chi connectivity index (χ2v) is 11.9. The Kier molecular flexibility index (Phi) is 11.9. The van der Waals surface area contributed by atoms with Crippen LogP contribution in [0.25, 0.3) is 22.3 Å². The number of rotatable bonds is 9. The van der Waals surface area contributed by atoms with E-state index in [4.69, 9.17) is 42.6 Å². The molecule has 4 aromatic rings. The molecule has 0 amide bonds. The van der Waals surface area contributed by atoms with Gasteiger partial charge in [0.1, 0.15) is 0 Å². The molecule has 0 saturated carbocycles. The van der Waals surface area contributed by atoms with Gasteiger partial charge in [-0.1, -0.05) is 0 Å². The zero-order valence-electron chi connectivity index (χ0n) is 31.5. The Morgan fingerprint density at radius 1 is 0.463 bits per heavy atom. The first-order chi connectivity index (χ1) is 26.0. The fourth-order valence-corrected chi connectivity index (χ4v) is 6.70. The minimum atomic E-state index is -0.909. The van der Waals surface area contributed by atoms with Gasteiger partial charge in [-0.2, -0.15) is 0 Å². The summed E-state index contributed by atoms with van der Waals surface area (Å²) in [6.07, 6.45) is 0.693. The molecule has 0 radical (unpaired) electrons. The summed E-state index contributed by atoms with van der Waals surface area (Å²) in [5.74, 6) is 3.28. The maximum absolute atomic E-state index is 12.9. The molecule has 54 heavy (non-hydrogen) atoms. The molecule has 0 aromatic heterocycles. The third-order valence-corrected chi connectivity index (χ3v) is 9.19. The van der Waals surface area contributed by atoms with Crippen molar-refractivity contribution in [2.45, 2.75) is 25.7 Å². The van der Waals surface area contributed by atoms with Crippen LogP contribution < -0.4 is 42.6 Å². The van der Waals surface area contributed by atoms with Crippen LogP contribution in [0.3, 0.4) is 0 Å². The van der Waals surface area contributed by atoms with E-state index in [0.29, 0.717) is 81.6 Å². The number of phenolic OH excluding ortho intramolecular Hbond substituents is 1. The number of ether oxygens (including phenoxy) is 10. The molecule has 0 heterocycles. The molecule has 2 aliphatic carbocycles. The number of aromatic hydroxyl groups is 1. The monoisotopic (exact) mass is 746 g/mol. The highest BCUT2D eigenvalue weighted by molar-refractivity contribution is 6.07. The van der Waals surface area contributed by atoms with E-state index in [0.717, 1.165) is 16.7 Å². The lowest BCUT2D eigenvalue weighted by Crippen LogP contribution is -2.10. The van der Waals surface area contributed by atoms with E-state index in [1.54, 1.807) is 33.5 Å². The van der Waals surface area contributed by atoms with Crippen molar-refractivity contribution >= 4 is 17.7 Å². The minimum Gasteiger partial charge on any atom is -0.504 e. The van der Waals surface area contributed by atoms with Crippen LogP contribution in [0.2, 0.25) is 0 Å². The Hall–Kier alpha value is -6.31. The van der Waals surface area contributed by atoms with Crippen LogP contribution in [0, 0.1) is 0 Å². The average molecular weight is 747 g/mol. The molecule has 286 valence electrons. The van der Waals surface area contributed by atoms with Gasteiger partial charge >= 0.3 is 6.16 Å². The number of hydrogen-bond donors (Lipinski definition) is 1. The van der Waals surface area contributed by atoms with Crippen LogP contribution >= 0.6 is 0 Å². The van der Waals surface area contributed by atoms with Crippen LogP contribution in [-0.2, 0) is 17.6 Å². The standard InChI is InChI=1S/C21H22O8.C19H20O6/c1-24-15-10-13-12(9-16(15)29-21(23)28-5)14(22)7-6-11-8-17(25-2)19(26-3)20(27-4)18(11)13;1-22-15-9-12-11(8-14(15)21)13(20)6-5-10-7-16(23-2)18(24-3)19(25-4)17(10)12/h8-10H,6-7H2,1-5H3;7-9,21H,5-6H2,1-4H3. The number of carbonyl (C=O) groups excluding carboxylic acids is 3. The predicted octanol–water partition coefficient (Wildman–Crippen LogP) is 6.88. The average Bonchev–Trinajstić information content (AvgIpc) is 3.41. The Morgan fingerprint density at radius 3 is 1.28 bits per heavy atom. The Bertz CT molecular complexity index is 2100. The van der Waals surface area contributed by atoms with Gasteiger partial charge in [0.05, 0.1) is 64.0 Å². The topological polar surface area (TPSA) is 164 Å². The molecular formula is C40H42O14. The molecular weight excluding hydrogens is 704 g/mol. The highest BCUT2D eigenvalue weighted by Gasteiger charge is 2.31. The zero-order valence-corrected chi connectivity index (χ0v) is 31.5. The molecule has 0 bridgehead atoms. The number of phenols is 1. The Labute approximate surface area is 312 Å². The van der Waals surface area contributed by atoms with Gasteiger partial charge in [-0.05, 0) is 60.4 Å². The van der Waals surface area contributed by atoms with Crippen molar-refractivity contribution in [2.24, 2.45) is 0 Å². The van der Waals surface area contributed by atoms with Gasteiger partial charge in [0.15, 0.2) is 57.6 Å². The number of aryl methyl sites for hydroxylation is 2. The van der Waals surface area contributed by atoms with E-state index in [1.807, 2.05) is 12.1 Å². The SMILES string of the molecule is COC(=O)Oc1cc2c(cc1OC)-c1c(cc(OC)c(OC)c1OC)CCC2=O.COc1cc2c(cc1O)C(=O)CCc1cc(OC)c(OC)c(OC)c1-2. The van der Waals surface area contributed by atoms with Crippen molar-refractivity contribution in [1.82, 2.24) is 0 Å². The lowest BCUT2D eigenvalue weighted by Gasteiger charge is -2.20. The second kappa shape index (κ2) is 16.6. The molecule has 0 saturated heterocycles. The fraction of sp³-hybridized carbons (Fsp3) is 0.325. The van der Waals surface area contributed by atoms with Crippen molar-refractivity contribution in [3.8, 4) is 79.7 Å². The van der Waals surface area contributed by atoms with Crippen molar-refractivity contribution in [3.05, 3.63) is 58.7 Å². The summed E-state index contributed by atoms with van der Waals surface area (Å²) in [5, 5.41) is 10.1. The van der Waals surface area contributed by atoms with Gasteiger partial charge in [0.2, 0.25) is 11.5 Å². The highest BCUT2D eigenvalue weighted by atomic mass is 16.7. The summed E-state index contributed by atoms with van der Waals surface area (Å²) < 4.78 is 53.4. The van der Waals surface area contributed by atoms with E-state index in [2.05, 4.69) is 4.74 Å². The summed E-state index contributed by atoms with van der Waals surface area (Å²) in [4.78, 5) is 37.0. The van der Waals surface area contributed by atoms with Crippen LogP contribution in [-0.4, -0.2) is 86.8 Å². The highest BCUT2D eigenvalue weighted by Crippen LogP contribution is 2.52.